The van der Waals surface area contributed by atoms with Gasteiger partial charge in [-0.1, -0.05) is 52.4 Å². The van der Waals surface area contributed by atoms with Crippen LogP contribution in [0.4, 0.5) is 0 Å². The Balaban J connectivity index is 3.45. The summed E-state index contributed by atoms with van der Waals surface area (Å²) in [5.41, 5.74) is 5.65. The molecule has 3 heteroatoms. The topological polar surface area (TPSA) is 50.1 Å². The van der Waals surface area contributed by atoms with Crippen LogP contribution in [0.1, 0.15) is 71.6 Å². The molecule has 110 valence electrons. The Morgan fingerprint density at radius 1 is 0.778 bits per heavy atom. The summed E-state index contributed by atoms with van der Waals surface area (Å²) in [6, 6.07) is 0. The zero-order chi connectivity index (χ0) is 13.5. The van der Waals surface area contributed by atoms with Crippen molar-refractivity contribution in [1.82, 2.24) is 10.6 Å². The largest absolute Gasteiger partial charge is 0.330 e. The van der Waals surface area contributed by atoms with E-state index in [0.717, 1.165) is 26.1 Å². The maximum atomic E-state index is 5.65. The first-order chi connectivity index (χ1) is 8.85. The van der Waals surface area contributed by atoms with Crippen molar-refractivity contribution in [2.75, 3.05) is 19.6 Å². The highest BCUT2D eigenvalue weighted by Crippen LogP contribution is 1.99. The Morgan fingerprint density at radius 2 is 1.28 bits per heavy atom. The molecule has 0 aromatic heterocycles. The monoisotopic (exact) mass is 257 g/mol. The molecule has 0 atom stereocenters. The highest BCUT2D eigenvalue weighted by atomic mass is 15.1. The summed E-state index contributed by atoms with van der Waals surface area (Å²) in [6.45, 7) is 7.50. The van der Waals surface area contributed by atoms with Gasteiger partial charge in [-0.2, -0.15) is 0 Å². The Hall–Kier alpha value is -0.120. The van der Waals surface area contributed by atoms with Crippen LogP contribution in [-0.4, -0.2) is 25.8 Å². The Morgan fingerprint density at radius 3 is 1.67 bits per heavy atom. The fourth-order valence-electron chi connectivity index (χ4n) is 2.10. The molecule has 0 aliphatic heterocycles. The molecule has 0 rings (SSSR count). The summed E-state index contributed by atoms with van der Waals surface area (Å²) in [4.78, 5) is 0. The van der Waals surface area contributed by atoms with Crippen molar-refractivity contribution in [3.05, 3.63) is 0 Å². The van der Waals surface area contributed by atoms with Crippen LogP contribution in [0.5, 0.6) is 0 Å². The maximum Gasteiger partial charge on any atom is 0.0583 e. The second-order valence-electron chi connectivity index (χ2n) is 5.16. The first-order valence-electron chi connectivity index (χ1n) is 8.02. The number of nitrogens with one attached hydrogen (secondary N) is 2. The average molecular weight is 257 g/mol. The Kier molecular flexibility index (Phi) is 14.8. The van der Waals surface area contributed by atoms with Gasteiger partial charge in [0.15, 0.2) is 0 Å². The van der Waals surface area contributed by atoms with Crippen LogP contribution in [0.15, 0.2) is 0 Å². The third-order valence-corrected chi connectivity index (χ3v) is 3.30. The van der Waals surface area contributed by atoms with Gasteiger partial charge in [-0.15, -0.1) is 0 Å². The van der Waals surface area contributed by atoms with Crippen LogP contribution in [0.3, 0.4) is 0 Å². The zero-order valence-corrected chi connectivity index (χ0v) is 12.6. The highest BCUT2D eigenvalue weighted by molar-refractivity contribution is 4.65. The van der Waals surface area contributed by atoms with E-state index in [9.17, 15) is 0 Å². The first kappa shape index (κ1) is 17.9. The Labute approximate surface area is 114 Å². The molecule has 0 saturated carbocycles. The summed E-state index contributed by atoms with van der Waals surface area (Å²) in [6.07, 6.45) is 12.0. The Bertz CT molecular complexity index is 137. The van der Waals surface area contributed by atoms with Crippen LogP contribution in [-0.2, 0) is 0 Å². The van der Waals surface area contributed by atoms with Gasteiger partial charge in [0.25, 0.3) is 0 Å². The van der Waals surface area contributed by atoms with Crippen LogP contribution >= 0.6 is 0 Å². The normalized spacial score (nSPS) is 11.3. The molecule has 0 amide bonds. The van der Waals surface area contributed by atoms with Gasteiger partial charge < -0.3 is 16.4 Å². The quantitative estimate of drug-likeness (QED) is 0.331. The van der Waals surface area contributed by atoms with E-state index in [1.165, 1.54) is 51.4 Å². The third-order valence-electron chi connectivity index (χ3n) is 3.30. The molecule has 0 aromatic carbocycles. The number of unbranched alkanes of at least 4 members (excludes halogenated alkanes) is 6. The summed E-state index contributed by atoms with van der Waals surface area (Å²) in [5.74, 6) is 0. The van der Waals surface area contributed by atoms with Crippen LogP contribution in [0.25, 0.3) is 0 Å². The molecular formula is C15H35N3. The van der Waals surface area contributed by atoms with E-state index in [1.54, 1.807) is 0 Å². The summed E-state index contributed by atoms with van der Waals surface area (Å²) in [5, 5.41) is 7.16. The maximum absolute atomic E-state index is 5.65. The standard InChI is InChI=1S/C15H35N3/c1-3-5-7-9-13-17-15(11-12-16)18-14-10-8-6-4-2/h15,17-18H,3-14,16H2,1-2H3. The van der Waals surface area contributed by atoms with Gasteiger partial charge in [0.1, 0.15) is 0 Å². The number of hydrogen-bond acceptors (Lipinski definition) is 3. The minimum absolute atomic E-state index is 0.415. The smallest absolute Gasteiger partial charge is 0.0583 e. The summed E-state index contributed by atoms with van der Waals surface area (Å²) in [7, 11) is 0. The molecule has 0 bridgehead atoms. The molecule has 0 radical (unpaired) electrons. The number of rotatable bonds is 14. The predicted molar refractivity (Wildman–Crippen MR) is 81.7 cm³/mol. The molecular weight excluding hydrogens is 222 g/mol. The van der Waals surface area contributed by atoms with Crippen molar-refractivity contribution in [2.24, 2.45) is 5.73 Å². The van der Waals surface area contributed by atoms with Crippen molar-refractivity contribution in [1.29, 1.82) is 0 Å². The van der Waals surface area contributed by atoms with Gasteiger partial charge >= 0.3 is 0 Å². The van der Waals surface area contributed by atoms with E-state index in [4.69, 9.17) is 5.73 Å². The fourth-order valence-corrected chi connectivity index (χ4v) is 2.10. The summed E-state index contributed by atoms with van der Waals surface area (Å²) >= 11 is 0. The lowest BCUT2D eigenvalue weighted by molar-refractivity contribution is 0.393. The van der Waals surface area contributed by atoms with Gasteiger partial charge in [0.2, 0.25) is 0 Å². The average Bonchev–Trinajstić information content (AvgIpc) is 2.38. The molecule has 0 heterocycles. The lowest BCUT2D eigenvalue weighted by atomic mass is 10.2. The molecule has 4 N–H and O–H groups in total. The SMILES string of the molecule is CCCCCCNC(CCN)NCCCCCC. The minimum atomic E-state index is 0.415. The second-order valence-corrected chi connectivity index (χ2v) is 5.16. The minimum Gasteiger partial charge on any atom is -0.330 e. The molecule has 0 spiro atoms. The van der Waals surface area contributed by atoms with Crippen LogP contribution in [0.2, 0.25) is 0 Å². The van der Waals surface area contributed by atoms with E-state index < -0.39 is 0 Å². The van der Waals surface area contributed by atoms with E-state index in [-0.39, 0.29) is 0 Å². The van der Waals surface area contributed by atoms with E-state index in [1.807, 2.05) is 0 Å². The molecule has 3 nitrogen and oxygen atoms in total. The molecule has 18 heavy (non-hydrogen) atoms. The lowest BCUT2D eigenvalue weighted by Crippen LogP contribution is -2.44. The highest BCUT2D eigenvalue weighted by Gasteiger charge is 2.04. The van der Waals surface area contributed by atoms with Gasteiger partial charge in [-0.25, -0.2) is 0 Å². The van der Waals surface area contributed by atoms with Crippen LogP contribution in [0, 0.1) is 0 Å². The van der Waals surface area contributed by atoms with Crippen molar-refractivity contribution >= 4 is 0 Å². The van der Waals surface area contributed by atoms with Gasteiger partial charge in [-0.05, 0) is 38.9 Å². The van der Waals surface area contributed by atoms with Crippen molar-refractivity contribution in [3.8, 4) is 0 Å². The third kappa shape index (κ3) is 12.3. The van der Waals surface area contributed by atoms with E-state index in [2.05, 4.69) is 24.5 Å². The molecule has 0 saturated heterocycles. The van der Waals surface area contributed by atoms with Gasteiger partial charge in [0, 0.05) is 0 Å². The van der Waals surface area contributed by atoms with Crippen molar-refractivity contribution in [3.63, 3.8) is 0 Å². The van der Waals surface area contributed by atoms with Crippen molar-refractivity contribution in [2.45, 2.75) is 77.8 Å². The van der Waals surface area contributed by atoms with E-state index >= 15 is 0 Å². The molecule has 0 aromatic rings. The van der Waals surface area contributed by atoms with Gasteiger partial charge in [-0.3, -0.25) is 0 Å². The molecule has 0 fully saturated rings. The van der Waals surface area contributed by atoms with Gasteiger partial charge in [0.05, 0.1) is 6.17 Å². The lowest BCUT2D eigenvalue weighted by Gasteiger charge is -2.19. The second kappa shape index (κ2) is 14.9. The van der Waals surface area contributed by atoms with Crippen LogP contribution < -0.4 is 16.4 Å². The van der Waals surface area contributed by atoms with E-state index in [0.29, 0.717) is 6.17 Å². The molecule has 0 aliphatic carbocycles. The first-order valence-corrected chi connectivity index (χ1v) is 8.02. The summed E-state index contributed by atoms with van der Waals surface area (Å²) < 4.78 is 0. The molecule has 0 unspecified atom stereocenters. The number of hydrogen-bond donors (Lipinski definition) is 3. The molecule has 0 aliphatic rings. The zero-order valence-electron chi connectivity index (χ0n) is 12.6. The number of nitrogens with two attached hydrogens (primary N) is 1. The fraction of sp³-hybridized carbons (Fsp3) is 1.00. The predicted octanol–water partition coefficient (Wildman–Crippen LogP) is 3.00. The van der Waals surface area contributed by atoms with Crippen molar-refractivity contribution < 1.29 is 0 Å².